The molecule has 1 aliphatic carbocycles. The van der Waals surface area contributed by atoms with E-state index in [1.54, 1.807) is 0 Å². The zero-order valence-corrected chi connectivity index (χ0v) is 17.4. The van der Waals surface area contributed by atoms with E-state index in [1.165, 1.54) is 27.6 Å². The summed E-state index contributed by atoms with van der Waals surface area (Å²) in [5.74, 6) is -0.751. The minimum absolute atomic E-state index is 0.352. The average Bonchev–Trinajstić information content (AvgIpc) is 2.57. The molecule has 150 valence electrons. The molecule has 1 fully saturated rings. The molecule has 0 aromatic carbocycles. The third-order valence-corrected chi connectivity index (χ3v) is 2.50. The Morgan fingerprint density at radius 2 is 0.875 bits per heavy atom. The van der Waals surface area contributed by atoms with Gasteiger partial charge in [-0.2, -0.15) is 9.78 Å². The van der Waals surface area contributed by atoms with E-state index < -0.39 is 5.79 Å². The smallest absolute Gasteiger partial charge is 0.234 e. The Kier molecular flexibility index (Phi) is 17.8. The van der Waals surface area contributed by atoms with Gasteiger partial charge in [-0.15, -0.1) is 0 Å². The second kappa shape index (κ2) is 15.0. The highest BCUT2D eigenvalue weighted by molar-refractivity contribution is 4.73. The van der Waals surface area contributed by atoms with E-state index in [1.807, 2.05) is 41.5 Å². The third-order valence-electron chi connectivity index (χ3n) is 2.50. The van der Waals surface area contributed by atoms with Crippen LogP contribution in [-0.2, 0) is 19.6 Å². The lowest BCUT2D eigenvalue weighted by molar-refractivity contribution is -0.545. The number of hydrogen-bond acceptors (Lipinski definition) is 7. The molecular weight excluding hydrogens is 310 g/mol. The van der Waals surface area contributed by atoms with Crippen molar-refractivity contribution in [2.45, 2.75) is 90.6 Å². The van der Waals surface area contributed by atoms with Crippen LogP contribution in [0.3, 0.4) is 0 Å². The molecule has 1 saturated carbocycles. The van der Waals surface area contributed by atoms with Crippen LogP contribution in [0.15, 0.2) is 0 Å². The molecular formula is C17H43N3O4. The van der Waals surface area contributed by atoms with Gasteiger partial charge < -0.3 is 17.2 Å². The number of nitrogens with two attached hydrogens (primary N) is 3. The Labute approximate surface area is 149 Å². The van der Waals surface area contributed by atoms with Crippen molar-refractivity contribution in [2.75, 3.05) is 21.1 Å². The predicted molar refractivity (Wildman–Crippen MR) is 100.0 cm³/mol. The SMILES string of the molecule is CC(C)(C)OOC1(OOC(C)(C)C)CCCCC1.CN.CN.CN. The molecule has 7 heteroatoms. The molecule has 0 amide bonds. The molecule has 7 nitrogen and oxygen atoms in total. The Balaban J connectivity index is -0.000000659. The second-order valence-electron chi connectivity index (χ2n) is 7.03. The van der Waals surface area contributed by atoms with Crippen LogP contribution in [0.2, 0.25) is 0 Å². The fourth-order valence-electron chi connectivity index (χ4n) is 1.67. The van der Waals surface area contributed by atoms with E-state index in [4.69, 9.17) is 19.6 Å². The summed E-state index contributed by atoms with van der Waals surface area (Å²) in [5, 5.41) is 0. The van der Waals surface area contributed by atoms with Crippen molar-refractivity contribution in [1.29, 1.82) is 0 Å². The molecule has 0 heterocycles. The summed E-state index contributed by atoms with van der Waals surface area (Å²) >= 11 is 0. The predicted octanol–water partition coefficient (Wildman–Crippen LogP) is 2.86. The van der Waals surface area contributed by atoms with E-state index in [0.29, 0.717) is 0 Å². The van der Waals surface area contributed by atoms with Crippen LogP contribution in [0, 0.1) is 0 Å². The number of hydrogen-bond donors (Lipinski definition) is 3. The van der Waals surface area contributed by atoms with Crippen LogP contribution >= 0.6 is 0 Å². The van der Waals surface area contributed by atoms with E-state index in [9.17, 15) is 0 Å². The summed E-state index contributed by atoms with van der Waals surface area (Å²) in [6.07, 6.45) is 4.96. The van der Waals surface area contributed by atoms with Crippen molar-refractivity contribution < 1.29 is 19.6 Å². The lowest BCUT2D eigenvalue weighted by Gasteiger charge is -2.37. The quantitative estimate of drug-likeness (QED) is 0.404. The highest BCUT2D eigenvalue weighted by atomic mass is 17.3. The summed E-state index contributed by atoms with van der Waals surface area (Å²) in [6.45, 7) is 11.7. The van der Waals surface area contributed by atoms with E-state index in [2.05, 4.69) is 17.2 Å². The first-order valence-corrected chi connectivity index (χ1v) is 8.59. The van der Waals surface area contributed by atoms with Gasteiger partial charge in [0.15, 0.2) is 0 Å². The third kappa shape index (κ3) is 16.6. The second-order valence-corrected chi connectivity index (χ2v) is 7.03. The van der Waals surface area contributed by atoms with Crippen molar-refractivity contribution >= 4 is 0 Å². The molecule has 0 aromatic heterocycles. The van der Waals surface area contributed by atoms with Crippen LogP contribution in [-0.4, -0.2) is 38.1 Å². The highest BCUT2D eigenvalue weighted by Gasteiger charge is 2.39. The lowest BCUT2D eigenvalue weighted by Crippen LogP contribution is -2.42. The summed E-state index contributed by atoms with van der Waals surface area (Å²) in [6, 6.07) is 0. The summed E-state index contributed by atoms with van der Waals surface area (Å²) < 4.78 is 0. The van der Waals surface area contributed by atoms with Gasteiger partial charge in [0.25, 0.3) is 0 Å². The molecule has 1 aliphatic rings. The van der Waals surface area contributed by atoms with Gasteiger partial charge in [-0.05, 0) is 75.5 Å². The van der Waals surface area contributed by atoms with Gasteiger partial charge in [-0.25, -0.2) is 9.78 Å². The fourth-order valence-corrected chi connectivity index (χ4v) is 1.67. The van der Waals surface area contributed by atoms with E-state index in [0.717, 1.165) is 25.7 Å². The fraction of sp³-hybridized carbons (Fsp3) is 1.00. The first-order chi connectivity index (χ1) is 11.1. The van der Waals surface area contributed by atoms with Gasteiger partial charge in [0.05, 0.1) is 11.2 Å². The van der Waals surface area contributed by atoms with E-state index in [-0.39, 0.29) is 11.2 Å². The molecule has 6 N–H and O–H groups in total. The van der Waals surface area contributed by atoms with Gasteiger partial charge >= 0.3 is 0 Å². The molecule has 0 unspecified atom stereocenters. The summed E-state index contributed by atoms with van der Waals surface area (Å²) in [4.78, 5) is 22.0. The Hall–Kier alpha value is -0.280. The van der Waals surface area contributed by atoms with Crippen molar-refractivity contribution in [2.24, 2.45) is 17.2 Å². The first-order valence-electron chi connectivity index (χ1n) is 8.59. The molecule has 0 radical (unpaired) electrons. The van der Waals surface area contributed by atoms with Crippen LogP contribution < -0.4 is 17.2 Å². The van der Waals surface area contributed by atoms with Crippen LogP contribution in [0.1, 0.15) is 73.6 Å². The largest absolute Gasteiger partial charge is 0.333 e. The maximum Gasteiger partial charge on any atom is 0.234 e. The Morgan fingerprint density at radius 3 is 1.12 bits per heavy atom. The minimum atomic E-state index is -0.751. The first kappa shape index (κ1) is 28.5. The van der Waals surface area contributed by atoms with Gasteiger partial charge in [0.2, 0.25) is 5.79 Å². The number of rotatable bonds is 4. The summed E-state index contributed by atoms with van der Waals surface area (Å²) in [5.41, 5.74) is 12.8. The maximum absolute atomic E-state index is 5.58. The molecule has 1 rings (SSSR count). The normalized spacial score (nSPS) is 16.5. The van der Waals surface area contributed by atoms with Gasteiger partial charge in [-0.1, -0.05) is 6.42 Å². The van der Waals surface area contributed by atoms with Gasteiger partial charge in [0.1, 0.15) is 0 Å². The topological polar surface area (TPSA) is 115 Å². The van der Waals surface area contributed by atoms with Crippen molar-refractivity contribution in [3.05, 3.63) is 0 Å². The maximum atomic E-state index is 5.58. The standard InChI is InChI=1S/C14H28O4.3CH5N/c1-12(2,3)15-17-14(10-8-7-9-11-14)18-16-13(4,5)6;3*1-2/h7-11H2,1-6H3;3*2H2,1H3. The summed E-state index contributed by atoms with van der Waals surface area (Å²) in [7, 11) is 4.50. The zero-order valence-electron chi connectivity index (χ0n) is 17.4. The molecule has 0 bridgehead atoms. The van der Waals surface area contributed by atoms with Crippen LogP contribution in [0.4, 0.5) is 0 Å². The zero-order chi connectivity index (χ0) is 19.9. The van der Waals surface area contributed by atoms with E-state index >= 15 is 0 Å². The Bertz CT molecular complexity index is 238. The monoisotopic (exact) mass is 353 g/mol. The molecule has 0 aliphatic heterocycles. The van der Waals surface area contributed by atoms with Crippen molar-refractivity contribution in [3.8, 4) is 0 Å². The lowest BCUT2D eigenvalue weighted by atomic mass is 9.94. The van der Waals surface area contributed by atoms with Crippen molar-refractivity contribution in [3.63, 3.8) is 0 Å². The molecule has 0 saturated heterocycles. The van der Waals surface area contributed by atoms with Crippen LogP contribution in [0.25, 0.3) is 0 Å². The molecule has 0 spiro atoms. The Morgan fingerprint density at radius 1 is 0.583 bits per heavy atom. The minimum Gasteiger partial charge on any atom is -0.333 e. The average molecular weight is 354 g/mol. The van der Waals surface area contributed by atoms with Crippen molar-refractivity contribution in [1.82, 2.24) is 0 Å². The van der Waals surface area contributed by atoms with Gasteiger partial charge in [-0.3, -0.25) is 0 Å². The highest BCUT2D eigenvalue weighted by Crippen LogP contribution is 2.35. The molecule has 24 heavy (non-hydrogen) atoms. The molecule has 0 atom stereocenters. The molecule has 0 aromatic rings. The van der Waals surface area contributed by atoms with Gasteiger partial charge in [0, 0.05) is 12.8 Å². The van der Waals surface area contributed by atoms with Crippen LogP contribution in [0.5, 0.6) is 0 Å².